The average molecular weight is 400 g/mol. The Bertz CT molecular complexity index is 927. The van der Waals surface area contributed by atoms with Gasteiger partial charge in [-0.2, -0.15) is 0 Å². The molecule has 0 saturated carbocycles. The third-order valence-corrected chi connectivity index (χ3v) is 6.10. The van der Waals surface area contributed by atoms with Gasteiger partial charge in [-0.05, 0) is 43.2 Å². The fraction of sp³-hybridized carbons (Fsp3) is 0.565. The number of nitrogen functional groups attached to an aromatic ring is 1. The minimum absolute atomic E-state index is 0.453. The SMILES string of the molecule is CCOCc1nc2c(N)nc3cc(CCCCCCC(C)(C)C)ccc3c2s1. The third-order valence-electron chi connectivity index (χ3n) is 5.03. The van der Waals surface area contributed by atoms with Crippen LogP contribution in [0.2, 0.25) is 0 Å². The predicted octanol–water partition coefficient (Wildman–Crippen LogP) is 6.50. The number of pyridine rings is 1. The highest BCUT2D eigenvalue weighted by Crippen LogP contribution is 2.33. The first-order valence-electron chi connectivity index (χ1n) is 10.4. The monoisotopic (exact) mass is 399 g/mol. The van der Waals surface area contributed by atoms with E-state index in [-0.39, 0.29) is 0 Å². The minimum Gasteiger partial charge on any atom is -0.382 e. The third kappa shape index (κ3) is 5.42. The lowest BCUT2D eigenvalue weighted by molar-refractivity contribution is 0.134. The van der Waals surface area contributed by atoms with Gasteiger partial charge in [-0.3, -0.25) is 0 Å². The highest BCUT2D eigenvalue weighted by atomic mass is 32.1. The Morgan fingerprint density at radius 1 is 1.07 bits per heavy atom. The number of ether oxygens (including phenoxy) is 1. The Morgan fingerprint density at radius 3 is 2.61 bits per heavy atom. The molecule has 0 aliphatic rings. The Balaban J connectivity index is 1.67. The van der Waals surface area contributed by atoms with Crippen LogP contribution in [0.4, 0.5) is 5.82 Å². The van der Waals surface area contributed by atoms with E-state index in [4.69, 9.17) is 10.5 Å². The zero-order valence-corrected chi connectivity index (χ0v) is 18.5. The van der Waals surface area contributed by atoms with Gasteiger partial charge in [0.1, 0.15) is 10.5 Å². The number of thiazole rings is 1. The van der Waals surface area contributed by atoms with Gasteiger partial charge in [0.2, 0.25) is 0 Å². The second-order valence-electron chi connectivity index (χ2n) is 8.75. The summed E-state index contributed by atoms with van der Waals surface area (Å²) in [4.78, 5) is 9.25. The van der Waals surface area contributed by atoms with E-state index >= 15 is 0 Å². The number of rotatable bonds is 9. The first-order chi connectivity index (χ1) is 13.4. The molecule has 0 radical (unpaired) electrons. The summed E-state index contributed by atoms with van der Waals surface area (Å²) in [5, 5.41) is 2.09. The van der Waals surface area contributed by atoms with Crippen molar-refractivity contribution >= 4 is 38.3 Å². The van der Waals surface area contributed by atoms with Gasteiger partial charge in [-0.15, -0.1) is 11.3 Å². The first kappa shape index (κ1) is 21.0. The molecule has 152 valence electrons. The Labute approximate surface area is 172 Å². The van der Waals surface area contributed by atoms with Crippen LogP contribution >= 0.6 is 11.3 Å². The molecule has 0 saturated heterocycles. The second-order valence-corrected chi connectivity index (χ2v) is 9.83. The maximum absolute atomic E-state index is 6.20. The summed E-state index contributed by atoms with van der Waals surface area (Å²) in [6.07, 6.45) is 7.57. The van der Waals surface area contributed by atoms with Gasteiger partial charge >= 0.3 is 0 Å². The molecule has 2 heterocycles. The summed E-state index contributed by atoms with van der Waals surface area (Å²) >= 11 is 1.66. The van der Waals surface area contributed by atoms with Gasteiger partial charge in [0, 0.05) is 12.0 Å². The van der Waals surface area contributed by atoms with Gasteiger partial charge in [0.15, 0.2) is 5.82 Å². The molecule has 5 heteroatoms. The Morgan fingerprint density at radius 2 is 1.86 bits per heavy atom. The summed E-state index contributed by atoms with van der Waals surface area (Å²) in [5.41, 5.74) is 9.77. The average Bonchev–Trinajstić information content (AvgIpc) is 3.07. The molecule has 0 bridgehead atoms. The van der Waals surface area contributed by atoms with Crippen LogP contribution in [0.15, 0.2) is 18.2 Å². The van der Waals surface area contributed by atoms with Crippen LogP contribution < -0.4 is 5.73 Å². The van der Waals surface area contributed by atoms with Gasteiger partial charge in [-0.1, -0.05) is 52.2 Å². The van der Waals surface area contributed by atoms with Crippen LogP contribution in [0, 0.1) is 5.41 Å². The predicted molar refractivity (Wildman–Crippen MR) is 121 cm³/mol. The highest BCUT2D eigenvalue weighted by molar-refractivity contribution is 7.19. The van der Waals surface area contributed by atoms with E-state index < -0.39 is 0 Å². The number of aromatic nitrogens is 2. The van der Waals surface area contributed by atoms with Crippen LogP contribution in [-0.2, 0) is 17.8 Å². The Hall–Kier alpha value is -1.72. The quantitative estimate of drug-likeness (QED) is 0.417. The van der Waals surface area contributed by atoms with E-state index in [1.807, 2.05) is 6.92 Å². The van der Waals surface area contributed by atoms with Gasteiger partial charge in [0.25, 0.3) is 0 Å². The van der Waals surface area contributed by atoms with Gasteiger partial charge < -0.3 is 10.5 Å². The molecule has 2 aromatic heterocycles. The van der Waals surface area contributed by atoms with E-state index in [2.05, 4.69) is 48.9 Å². The van der Waals surface area contributed by atoms with E-state index in [0.29, 0.717) is 24.4 Å². The molecular weight excluding hydrogens is 366 g/mol. The van der Waals surface area contributed by atoms with Crippen molar-refractivity contribution in [1.82, 2.24) is 9.97 Å². The summed E-state index contributed by atoms with van der Waals surface area (Å²) in [5.74, 6) is 0.515. The molecular formula is C23H33N3OS. The molecule has 28 heavy (non-hydrogen) atoms. The molecule has 0 unspecified atom stereocenters. The number of nitrogens with zero attached hydrogens (tertiary/aromatic N) is 2. The molecule has 0 amide bonds. The highest BCUT2D eigenvalue weighted by Gasteiger charge is 2.13. The van der Waals surface area contributed by atoms with Crippen molar-refractivity contribution in [3.8, 4) is 0 Å². The number of hydrogen-bond acceptors (Lipinski definition) is 5. The lowest BCUT2D eigenvalue weighted by Gasteiger charge is -2.17. The molecule has 0 atom stereocenters. The molecule has 0 fully saturated rings. The number of benzene rings is 1. The maximum Gasteiger partial charge on any atom is 0.151 e. The van der Waals surface area contributed by atoms with Crippen LogP contribution in [-0.4, -0.2) is 16.6 Å². The normalized spacial score (nSPS) is 12.3. The number of fused-ring (bicyclic) bond motifs is 3. The summed E-state index contributed by atoms with van der Waals surface area (Å²) < 4.78 is 6.61. The molecule has 0 aliphatic heterocycles. The lowest BCUT2D eigenvalue weighted by atomic mass is 9.89. The Kier molecular flexibility index (Phi) is 6.89. The van der Waals surface area contributed by atoms with Crippen molar-refractivity contribution in [2.45, 2.75) is 72.8 Å². The standard InChI is InChI=1S/C23H33N3OS/c1-5-27-15-19-26-20-21(28-19)17-12-11-16(14-18(17)25-22(20)24)10-8-6-7-9-13-23(2,3)4/h11-12,14H,5-10,13,15H2,1-4H3,(H2,24,25). The topological polar surface area (TPSA) is 61.0 Å². The van der Waals surface area contributed by atoms with Gasteiger partial charge in [0.05, 0.1) is 16.8 Å². The van der Waals surface area contributed by atoms with Crippen LogP contribution in [0.5, 0.6) is 0 Å². The summed E-state index contributed by atoms with van der Waals surface area (Å²) in [6, 6.07) is 6.61. The van der Waals surface area contributed by atoms with Crippen molar-refractivity contribution in [1.29, 1.82) is 0 Å². The fourth-order valence-electron chi connectivity index (χ4n) is 3.51. The molecule has 4 nitrogen and oxygen atoms in total. The van der Waals surface area contributed by atoms with Crippen LogP contribution in [0.3, 0.4) is 0 Å². The van der Waals surface area contributed by atoms with Crippen molar-refractivity contribution < 1.29 is 4.74 Å². The lowest BCUT2D eigenvalue weighted by Crippen LogP contribution is -2.03. The van der Waals surface area contributed by atoms with E-state index in [0.717, 1.165) is 32.5 Å². The second kappa shape index (κ2) is 9.19. The summed E-state index contributed by atoms with van der Waals surface area (Å²) in [6.45, 7) is 10.2. The fourth-order valence-corrected chi connectivity index (χ4v) is 4.55. The van der Waals surface area contributed by atoms with E-state index in [1.54, 1.807) is 11.3 Å². The number of unbranched alkanes of at least 4 members (excludes halogenated alkanes) is 3. The van der Waals surface area contributed by atoms with Crippen molar-refractivity contribution in [3.05, 3.63) is 28.8 Å². The zero-order chi connectivity index (χ0) is 20.1. The molecule has 3 aromatic rings. The molecule has 1 aromatic carbocycles. The minimum atomic E-state index is 0.453. The van der Waals surface area contributed by atoms with Crippen molar-refractivity contribution in [2.24, 2.45) is 5.41 Å². The maximum atomic E-state index is 6.20. The molecule has 0 spiro atoms. The van der Waals surface area contributed by atoms with E-state index in [1.165, 1.54) is 37.7 Å². The molecule has 3 rings (SSSR count). The van der Waals surface area contributed by atoms with Crippen molar-refractivity contribution in [2.75, 3.05) is 12.3 Å². The number of nitrogens with two attached hydrogens (primary N) is 1. The number of hydrogen-bond donors (Lipinski definition) is 1. The largest absolute Gasteiger partial charge is 0.382 e. The first-order valence-corrected chi connectivity index (χ1v) is 11.2. The number of aryl methyl sites for hydroxylation is 1. The zero-order valence-electron chi connectivity index (χ0n) is 17.7. The van der Waals surface area contributed by atoms with Crippen LogP contribution in [0.1, 0.15) is 70.4 Å². The van der Waals surface area contributed by atoms with Crippen molar-refractivity contribution in [3.63, 3.8) is 0 Å². The smallest absolute Gasteiger partial charge is 0.151 e. The molecule has 0 aliphatic carbocycles. The van der Waals surface area contributed by atoms with Gasteiger partial charge in [-0.25, -0.2) is 9.97 Å². The number of anilines is 1. The van der Waals surface area contributed by atoms with E-state index in [9.17, 15) is 0 Å². The summed E-state index contributed by atoms with van der Waals surface area (Å²) in [7, 11) is 0. The molecule has 2 N–H and O–H groups in total. The van der Waals surface area contributed by atoms with Crippen LogP contribution in [0.25, 0.3) is 21.1 Å².